The number of hydrogen-bond acceptors (Lipinski definition) is 4. The summed E-state index contributed by atoms with van der Waals surface area (Å²) >= 11 is 0. The molecule has 0 aliphatic carbocycles. The van der Waals surface area contributed by atoms with Crippen LogP contribution in [-0.4, -0.2) is 25.8 Å². The van der Waals surface area contributed by atoms with E-state index in [9.17, 15) is 4.79 Å². The van der Waals surface area contributed by atoms with E-state index in [1.165, 1.54) is 6.08 Å². The van der Waals surface area contributed by atoms with Crippen molar-refractivity contribution in [2.45, 2.75) is 26.8 Å². The van der Waals surface area contributed by atoms with Gasteiger partial charge >= 0.3 is 5.97 Å². The minimum Gasteiger partial charge on any atom is -0.478 e. The molecular formula is C15H17N3O3. The Kier molecular flexibility index (Phi) is 4.37. The van der Waals surface area contributed by atoms with Crippen molar-refractivity contribution in [3.05, 3.63) is 41.9 Å². The van der Waals surface area contributed by atoms with Crippen LogP contribution < -0.4 is 4.74 Å². The third-order valence-electron chi connectivity index (χ3n) is 2.79. The smallest absolute Gasteiger partial charge is 0.328 e. The minimum atomic E-state index is -0.992. The normalized spacial score (nSPS) is 11.2. The highest BCUT2D eigenvalue weighted by atomic mass is 16.5. The largest absolute Gasteiger partial charge is 0.478 e. The fourth-order valence-corrected chi connectivity index (χ4v) is 1.72. The van der Waals surface area contributed by atoms with Gasteiger partial charge in [0.2, 0.25) is 5.88 Å². The van der Waals surface area contributed by atoms with Gasteiger partial charge in [-0.05, 0) is 38.5 Å². The molecule has 1 N–H and O–H groups in total. The molecule has 0 aliphatic heterocycles. The molecule has 0 bridgehead atoms. The Morgan fingerprint density at radius 2 is 2.19 bits per heavy atom. The molecule has 6 heteroatoms. The molecule has 2 aromatic heterocycles. The van der Waals surface area contributed by atoms with Gasteiger partial charge in [-0.2, -0.15) is 5.10 Å². The van der Waals surface area contributed by atoms with Crippen LogP contribution in [0.5, 0.6) is 11.6 Å². The van der Waals surface area contributed by atoms with Crippen molar-refractivity contribution in [2.75, 3.05) is 0 Å². The maximum atomic E-state index is 10.5. The predicted octanol–water partition coefficient (Wildman–Crippen LogP) is 3.06. The molecule has 0 saturated heterocycles. The zero-order chi connectivity index (χ0) is 15.4. The van der Waals surface area contributed by atoms with Crippen LogP contribution in [-0.2, 0) is 4.79 Å². The summed E-state index contributed by atoms with van der Waals surface area (Å²) in [5.74, 6) is 0.105. The molecule has 21 heavy (non-hydrogen) atoms. The summed E-state index contributed by atoms with van der Waals surface area (Å²) in [5, 5.41) is 12.8. The Morgan fingerprint density at radius 3 is 2.76 bits per heavy atom. The topological polar surface area (TPSA) is 77.2 Å². The lowest BCUT2D eigenvalue weighted by Gasteiger charge is -2.06. The molecule has 0 unspecified atom stereocenters. The van der Waals surface area contributed by atoms with Crippen LogP contribution in [0, 0.1) is 6.92 Å². The van der Waals surface area contributed by atoms with Crippen molar-refractivity contribution in [3.63, 3.8) is 0 Å². The second-order valence-corrected chi connectivity index (χ2v) is 4.91. The number of carbonyl (C=O) groups is 1. The van der Waals surface area contributed by atoms with Gasteiger partial charge in [-0.25, -0.2) is 9.78 Å². The number of hydrogen-bond donors (Lipinski definition) is 1. The summed E-state index contributed by atoms with van der Waals surface area (Å²) in [7, 11) is 0. The molecule has 0 radical (unpaired) electrons. The van der Waals surface area contributed by atoms with Crippen LogP contribution in [0.3, 0.4) is 0 Å². The number of carboxylic acid groups (broad SMARTS) is 1. The van der Waals surface area contributed by atoms with Crippen LogP contribution in [0.15, 0.2) is 30.7 Å². The number of aliphatic carboxylic acids is 1. The summed E-state index contributed by atoms with van der Waals surface area (Å²) in [4.78, 5) is 14.7. The second kappa shape index (κ2) is 6.21. The van der Waals surface area contributed by atoms with Crippen molar-refractivity contribution in [2.24, 2.45) is 0 Å². The first-order chi connectivity index (χ1) is 9.95. The zero-order valence-electron chi connectivity index (χ0n) is 12.1. The summed E-state index contributed by atoms with van der Waals surface area (Å²) in [6, 6.07) is 2.08. The van der Waals surface area contributed by atoms with E-state index in [0.29, 0.717) is 17.2 Å². The summed E-state index contributed by atoms with van der Waals surface area (Å²) in [5.41, 5.74) is 1.53. The number of pyridine rings is 1. The van der Waals surface area contributed by atoms with Crippen molar-refractivity contribution in [1.82, 2.24) is 14.8 Å². The molecular weight excluding hydrogens is 270 g/mol. The van der Waals surface area contributed by atoms with Crippen molar-refractivity contribution >= 4 is 12.0 Å². The van der Waals surface area contributed by atoms with E-state index >= 15 is 0 Å². The fraction of sp³-hybridized carbons (Fsp3) is 0.267. The molecule has 0 spiro atoms. The van der Waals surface area contributed by atoms with E-state index < -0.39 is 5.97 Å². The average molecular weight is 287 g/mol. The van der Waals surface area contributed by atoms with E-state index in [1.807, 2.05) is 33.0 Å². The lowest BCUT2D eigenvalue weighted by atomic mass is 10.2. The van der Waals surface area contributed by atoms with Gasteiger partial charge in [0.25, 0.3) is 0 Å². The summed E-state index contributed by atoms with van der Waals surface area (Å²) in [6.45, 7) is 5.92. The molecule has 0 fully saturated rings. The van der Waals surface area contributed by atoms with Crippen LogP contribution in [0.1, 0.15) is 31.0 Å². The third kappa shape index (κ3) is 3.92. The van der Waals surface area contributed by atoms with Gasteiger partial charge in [-0.1, -0.05) is 0 Å². The Bertz CT molecular complexity index is 675. The van der Waals surface area contributed by atoms with Crippen LogP contribution in [0.4, 0.5) is 0 Å². The molecule has 2 rings (SSSR count). The van der Waals surface area contributed by atoms with E-state index in [4.69, 9.17) is 9.84 Å². The van der Waals surface area contributed by atoms with Crippen molar-refractivity contribution < 1.29 is 14.6 Å². The van der Waals surface area contributed by atoms with Crippen LogP contribution >= 0.6 is 0 Å². The standard InChI is InChI=1S/C15H17N3O3/c1-10(2)18-9-13(8-17-18)21-15-11(3)6-12(7-16-15)4-5-14(19)20/h4-10H,1-3H3,(H,19,20)/b5-4+. The highest BCUT2D eigenvalue weighted by Crippen LogP contribution is 2.23. The Morgan fingerprint density at radius 1 is 1.43 bits per heavy atom. The average Bonchev–Trinajstić information content (AvgIpc) is 2.88. The number of ether oxygens (including phenoxy) is 1. The first-order valence-electron chi connectivity index (χ1n) is 6.55. The fourth-order valence-electron chi connectivity index (χ4n) is 1.72. The first-order valence-corrected chi connectivity index (χ1v) is 6.55. The molecule has 6 nitrogen and oxygen atoms in total. The molecule has 0 atom stereocenters. The van der Waals surface area contributed by atoms with Crippen molar-refractivity contribution in [3.8, 4) is 11.6 Å². The number of rotatable bonds is 5. The van der Waals surface area contributed by atoms with Gasteiger partial charge in [-0.3, -0.25) is 4.68 Å². The number of aromatic nitrogens is 3. The summed E-state index contributed by atoms with van der Waals surface area (Å²) < 4.78 is 7.49. The Labute approximate surface area is 122 Å². The quantitative estimate of drug-likeness (QED) is 0.855. The van der Waals surface area contributed by atoms with Gasteiger partial charge in [0, 0.05) is 23.9 Å². The lowest BCUT2D eigenvalue weighted by Crippen LogP contribution is -1.99. The molecule has 2 heterocycles. The maximum Gasteiger partial charge on any atom is 0.328 e. The maximum absolute atomic E-state index is 10.5. The van der Waals surface area contributed by atoms with Crippen LogP contribution in [0.2, 0.25) is 0 Å². The van der Waals surface area contributed by atoms with Crippen LogP contribution in [0.25, 0.3) is 6.08 Å². The van der Waals surface area contributed by atoms with Crippen molar-refractivity contribution in [1.29, 1.82) is 0 Å². The first kappa shape index (κ1) is 14.8. The monoisotopic (exact) mass is 287 g/mol. The number of aryl methyl sites for hydroxylation is 1. The molecule has 0 saturated carbocycles. The minimum absolute atomic E-state index is 0.264. The molecule has 2 aromatic rings. The van der Waals surface area contributed by atoms with E-state index in [-0.39, 0.29) is 6.04 Å². The predicted molar refractivity (Wildman–Crippen MR) is 78.3 cm³/mol. The molecule has 0 amide bonds. The molecule has 0 aliphatic rings. The SMILES string of the molecule is Cc1cc(/C=C/C(=O)O)cnc1Oc1cnn(C(C)C)c1. The molecule has 0 aromatic carbocycles. The Hall–Kier alpha value is -2.63. The Balaban J connectivity index is 2.15. The highest BCUT2D eigenvalue weighted by molar-refractivity contribution is 5.85. The van der Waals surface area contributed by atoms with E-state index in [0.717, 1.165) is 11.6 Å². The molecule has 110 valence electrons. The second-order valence-electron chi connectivity index (χ2n) is 4.91. The third-order valence-corrected chi connectivity index (χ3v) is 2.79. The van der Waals surface area contributed by atoms with E-state index in [2.05, 4.69) is 10.1 Å². The van der Waals surface area contributed by atoms with E-state index in [1.54, 1.807) is 17.1 Å². The lowest BCUT2D eigenvalue weighted by molar-refractivity contribution is -0.131. The van der Waals surface area contributed by atoms with Gasteiger partial charge in [0.05, 0.1) is 12.4 Å². The van der Waals surface area contributed by atoms with Gasteiger partial charge in [-0.15, -0.1) is 0 Å². The van der Waals surface area contributed by atoms with Gasteiger partial charge in [0.1, 0.15) is 0 Å². The van der Waals surface area contributed by atoms with Gasteiger partial charge in [0.15, 0.2) is 5.75 Å². The van der Waals surface area contributed by atoms with Gasteiger partial charge < -0.3 is 9.84 Å². The summed E-state index contributed by atoms with van der Waals surface area (Å²) in [6.07, 6.45) is 7.57. The highest BCUT2D eigenvalue weighted by Gasteiger charge is 2.07. The zero-order valence-corrected chi connectivity index (χ0v) is 12.1. The number of nitrogens with zero attached hydrogens (tertiary/aromatic N) is 3. The number of carboxylic acids is 1.